The van der Waals surface area contributed by atoms with E-state index >= 15 is 0 Å². The van der Waals surface area contributed by atoms with E-state index in [2.05, 4.69) is 5.32 Å². The van der Waals surface area contributed by atoms with Crippen molar-refractivity contribution >= 4 is 21.6 Å². The van der Waals surface area contributed by atoms with E-state index in [1.54, 1.807) is 24.3 Å². The number of rotatable bonds is 10. The van der Waals surface area contributed by atoms with Crippen molar-refractivity contribution in [1.82, 2.24) is 5.32 Å². The molecule has 0 bridgehead atoms. The fourth-order valence-corrected chi connectivity index (χ4v) is 4.24. The van der Waals surface area contributed by atoms with E-state index in [9.17, 15) is 17.6 Å². The Bertz CT molecular complexity index is 964. The third-order valence-electron chi connectivity index (χ3n) is 4.56. The number of carbonyl (C=O) groups is 1. The second-order valence-corrected chi connectivity index (χ2v) is 8.65. The van der Waals surface area contributed by atoms with Crippen molar-refractivity contribution in [1.29, 1.82) is 0 Å². The molecule has 0 saturated carbocycles. The molecule has 0 aliphatic heterocycles. The van der Waals surface area contributed by atoms with E-state index in [1.165, 1.54) is 39.3 Å². The summed E-state index contributed by atoms with van der Waals surface area (Å²) in [6.45, 7) is 1.89. The lowest BCUT2D eigenvalue weighted by atomic mass is 10.1. The number of aryl methyl sites for hydroxylation is 1. The standard InChI is InChI=1S/C21H27FN2O5S/c1-15(21(25)23-13-5-6-16-7-9-17(22)10-8-16)24(30(4,26)27)18-11-12-19(28-2)20(14-18)29-3/h7-12,14-15H,5-6,13H2,1-4H3,(H,23,25)/t15-/m0/s1. The molecule has 0 spiro atoms. The highest BCUT2D eigenvalue weighted by atomic mass is 32.2. The lowest BCUT2D eigenvalue weighted by molar-refractivity contribution is -0.121. The molecule has 7 nitrogen and oxygen atoms in total. The van der Waals surface area contributed by atoms with E-state index in [0.717, 1.165) is 16.1 Å². The average Bonchev–Trinajstić information content (AvgIpc) is 2.71. The summed E-state index contributed by atoms with van der Waals surface area (Å²) in [5.74, 6) is 0.0920. The Labute approximate surface area is 176 Å². The summed E-state index contributed by atoms with van der Waals surface area (Å²) in [5.41, 5.74) is 1.26. The van der Waals surface area contributed by atoms with Gasteiger partial charge in [-0.2, -0.15) is 0 Å². The average molecular weight is 439 g/mol. The molecule has 0 fully saturated rings. The van der Waals surface area contributed by atoms with Crippen molar-refractivity contribution in [3.63, 3.8) is 0 Å². The number of sulfonamides is 1. The number of amides is 1. The Hall–Kier alpha value is -2.81. The number of carbonyl (C=O) groups excluding carboxylic acids is 1. The molecule has 2 rings (SSSR count). The Morgan fingerprint density at radius 2 is 1.73 bits per heavy atom. The van der Waals surface area contributed by atoms with Crippen molar-refractivity contribution < 1.29 is 27.1 Å². The van der Waals surface area contributed by atoms with Crippen LogP contribution in [0.2, 0.25) is 0 Å². The zero-order chi connectivity index (χ0) is 22.3. The zero-order valence-electron chi connectivity index (χ0n) is 17.5. The molecule has 1 amide bonds. The van der Waals surface area contributed by atoms with Gasteiger partial charge in [-0.05, 0) is 49.6 Å². The van der Waals surface area contributed by atoms with Gasteiger partial charge in [0.05, 0.1) is 26.2 Å². The minimum atomic E-state index is -3.74. The van der Waals surface area contributed by atoms with Gasteiger partial charge in [-0.15, -0.1) is 0 Å². The molecule has 30 heavy (non-hydrogen) atoms. The van der Waals surface area contributed by atoms with Gasteiger partial charge in [-0.25, -0.2) is 12.8 Å². The van der Waals surface area contributed by atoms with E-state index < -0.39 is 22.0 Å². The molecule has 0 unspecified atom stereocenters. The second kappa shape index (κ2) is 10.3. The largest absolute Gasteiger partial charge is 0.493 e. The first kappa shape index (κ1) is 23.5. The minimum Gasteiger partial charge on any atom is -0.493 e. The quantitative estimate of drug-likeness (QED) is 0.577. The smallest absolute Gasteiger partial charge is 0.243 e. The summed E-state index contributed by atoms with van der Waals surface area (Å²) in [5, 5.41) is 2.76. The first-order chi connectivity index (χ1) is 14.2. The van der Waals surface area contributed by atoms with Crippen LogP contribution in [0.25, 0.3) is 0 Å². The summed E-state index contributed by atoms with van der Waals surface area (Å²) in [6.07, 6.45) is 2.35. The van der Waals surface area contributed by atoms with E-state index in [4.69, 9.17) is 9.47 Å². The Balaban J connectivity index is 2.06. The van der Waals surface area contributed by atoms with Crippen LogP contribution in [0.3, 0.4) is 0 Å². The summed E-state index contributed by atoms with van der Waals surface area (Å²) in [6, 6.07) is 9.86. The molecule has 2 aromatic carbocycles. The van der Waals surface area contributed by atoms with Gasteiger partial charge in [0.15, 0.2) is 11.5 Å². The molecule has 164 valence electrons. The lowest BCUT2D eigenvalue weighted by Crippen LogP contribution is -2.48. The number of nitrogens with one attached hydrogen (secondary N) is 1. The van der Waals surface area contributed by atoms with Crippen LogP contribution >= 0.6 is 0 Å². The van der Waals surface area contributed by atoms with Gasteiger partial charge in [0, 0.05) is 12.6 Å². The Morgan fingerprint density at radius 1 is 1.10 bits per heavy atom. The molecule has 0 saturated heterocycles. The second-order valence-electron chi connectivity index (χ2n) is 6.80. The molecular weight excluding hydrogens is 411 g/mol. The van der Waals surface area contributed by atoms with Crippen LogP contribution < -0.4 is 19.1 Å². The first-order valence-corrected chi connectivity index (χ1v) is 11.3. The SMILES string of the molecule is COc1ccc(N([C@@H](C)C(=O)NCCCc2ccc(F)cc2)S(C)(=O)=O)cc1OC. The highest BCUT2D eigenvalue weighted by Crippen LogP contribution is 2.33. The maximum atomic E-state index is 12.9. The summed E-state index contributed by atoms with van der Waals surface area (Å²) < 4.78 is 49.2. The third kappa shape index (κ3) is 6.09. The van der Waals surface area contributed by atoms with Gasteiger partial charge in [0.25, 0.3) is 0 Å². The molecular formula is C21H27FN2O5S. The molecule has 1 atom stereocenters. The van der Waals surface area contributed by atoms with Crippen molar-refractivity contribution in [3.05, 3.63) is 53.8 Å². The fraction of sp³-hybridized carbons (Fsp3) is 0.381. The monoisotopic (exact) mass is 438 g/mol. The van der Waals surface area contributed by atoms with Crippen molar-refractivity contribution in [3.8, 4) is 11.5 Å². The highest BCUT2D eigenvalue weighted by Gasteiger charge is 2.29. The van der Waals surface area contributed by atoms with Crippen molar-refractivity contribution in [2.45, 2.75) is 25.8 Å². The van der Waals surface area contributed by atoms with Gasteiger partial charge in [-0.1, -0.05) is 12.1 Å². The van der Waals surface area contributed by atoms with Crippen molar-refractivity contribution in [2.24, 2.45) is 0 Å². The normalized spacial score (nSPS) is 12.2. The van der Waals surface area contributed by atoms with Gasteiger partial charge in [0.1, 0.15) is 11.9 Å². The maximum absolute atomic E-state index is 12.9. The predicted molar refractivity (Wildman–Crippen MR) is 114 cm³/mol. The van der Waals surface area contributed by atoms with E-state index in [1.807, 2.05) is 0 Å². The van der Waals surface area contributed by atoms with Crippen LogP contribution in [0.5, 0.6) is 11.5 Å². The number of benzene rings is 2. The summed E-state index contributed by atoms with van der Waals surface area (Å²) in [4.78, 5) is 12.6. The van der Waals surface area contributed by atoms with Crippen molar-refractivity contribution in [2.75, 3.05) is 31.3 Å². The molecule has 2 aromatic rings. The van der Waals surface area contributed by atoms with Crippen LogP contribution in [-0.4, -0.2) is 47.4 Å². The van der Waals surface area contributed by atoms with Crippen LogP contribution in [0, 0.1) is 5.82 Å². The van der Waals surface area contributed by atoms with Gasteiger partial charge in [-0.3, -0.25) is 9.10 Å². The lowest BCUT2D eigenvalue weighted by Gasteiger charge is -2.28. The minimum absolute atomic E-state index is 0.295. The number of hydrogen-bond acceptors (Lipinski definition) is 5. The highest BCUT2D eigenvalue weighted by molar-refractivity contribution is 7.92. The number of methoxy groups -OCH3 is 2. The molecule has 0 heterocycles. The summed E-state index contributed by atoms with van der Waals surface area (Å²) >= 11 is 0. The number of anilines is 1. The van der Waals surface area contributed by atoms with Gasteiger partial charge < -0.3 is 14.8 Å². The first-order valence-electron chi connectivity index (χ1n) is 9.41. The summed E-state index contributed by atoms with van der Waals surface area (Å²) in [7, 11) is -0.816. The number of hydrogen-bond donors (Lipinski definition) is 1. The molecule has 0 aliphatic rings. The molecule has 0 aliphatic carbocycles. The van der Waals surface area contributed by atoms with Gasteiger partial charge in [0.2, 0.25) is 15.9 Å². The van der Waals surface area contributed by atoms with E-state index in [-0.39, 0.29) is 5.82 Å². The zero-order valence-corrected chi connectivity index (χ0v) is 18.3. The number of ether oxygens (including phenoxy) is 2. The third-order valence-corrected chi connectivity index (χ3v) is 5.81. The topological polar surface area (TPSA) is 84.9 Å². The molecule has 9 heteroatoms. The van der Waals surface area contributed by atoms with Gasteiger partial charge >= 0.3 is 0 Å². The van der Waals surface area contributed by atoms with E-state index in [0.29, 0.717) is 36.6 Å². The van der Waals surface area contributed by atoms with Crippen LogP contribution in [0.15, 0.2) is 42.5 Å². The Kier molecular flexibility index (Phi) is 8.05. The number of halogens is 1. The molecule has 0 aromatic heterocycles. The maximum Gasteiger partial charge on any atom is 0.243 e. The van der Waals surface area contributed by atoms with Crippen LogP contribution in [0.1, 0.15) is 18.9 Å². The number of nitrogens with zero attached hydrogens (tertiary/aromatic N) is 1. The van der Waals surface area contributed by atoms with Crippen LogP contribution in [0.4, 0.5) is 10.1 Å². The molecule has 0 radical (unpaired) electrons. The predicted octanol–water partition coefficient (Wildman–Crippen LogP) is 2.75. The van der Waals surface area contributed by atoms with Crippen LogP contribution in [-0.2, 0) is 21.2 Å². The Morgan fingerprint density at radius 3 is 2.30 bits per heavy atom. The molecule has 1 N–H and O–H groups in total. The fourth-order valence-electron chi connectivity index (χ4n) is 3.07.